The van der Waals surface area contributed by atoms with Crippen LogP contribution in [0.3, 0.4) is 0 Å². The molecule has 1 N–H and O–H groups in total. The van der Waals surface area contributed by atoms with Gasteiger partial charge in [-0.15, -0.1) is 11.3 Å². The molecule has 0 aliphatic carbocycles. The Morgan fingerprint density at radius 2 is 1.94 bits per heavy atom. The van der Waals surface area contributed by atoms with Crippen molar-refractivity contribution in [3.8, 4) is 0 Å². The molecule has 1 fully saturated rings. The van der Waals surface area contributed by atoms with Crippen LogP contribution in [0.1, 0.15) is 39.8 Å². The maximum Gasteiger partial charge on any atom is 0.258 e. The van der Waals surface area contributed by atoms with Crippen molar-refractivity contribution in [3.63, 3.8) is 0 Å². The number of hydrogen-bond acceptors (Lipinski definition) is 7. The van der Waals surface area contributed by atoms with Crippen molar-refractivity contribution in [1.29, 1.82) is 0 Å². The number of rotatable bonds is 4. The van der Waals surface area contributed by atoms with Crippen molar-refractivity contribution in [3.05, 3.63) is 70.6 Å². The smallest absolute Gasteiger partial charge is 0.258 e. The first-order valence-electron chi connectivity index (χ1n) is 10.2. The number of carbonyl (C=O) groups is 1. The first-order valence-corrected chi connectivity index (χ1v) is 11.1. The normalized spacial score (nSPS) is 16.1. The topological polar surface area (TPSA) is 83.9 Å². The van der Waals surface area contributed by atoms with Crippen LogP contribution in [0.5, 0.6) is 0 Å². The van der Waals surface area contributed by atoms with Gasteiger partial charge in [0.05, 0.1) is 11.1 Å². The lowest BCUT2D eigenvalue weighted by molar-refractivity contribution is 0.102. The predicted molar refractivity (Wildman–Crippen MR) is 123 cm³/mol. The maximum atomic E-state index is 13.1. The highest BCUT2D eigenvalue weighted by Crippen LogP contribution is 2.31. The van der Waals surface area contributed by atoms with E-state index in [0.29, 0.717) is 10.7 Å². The lowest BCUT2D eigenvalue weighted by Crippen LogP contribution is -2.22. The molecule has 1 aliphatic rings. The Kier molecular flexibility index (Phi) is 5.07. The summed E-state index contributed by atoms with van der Waals surface area (Å²) in [5, 5.41) is 6.18. The van der Waals surface area contributed by atoms with Gasteiger partial charge in [0, 0.05) is 53.1 Å². The van der Waals surface area contributed by atoms with Crippen molar-refractivity contribution in [1.82, 2.24) is 19.9 Å². The second-order valence-corrected chi connectivity index (χ2v) is 8.68. The zero-order valence-electron chi connectivity index (χ0n) is 17.4. The molecule has 1 aromatic carbocycles. The molecule has 0 radical (unpaired) electrons. The maximum absolute atomic E-state index is 13.1. The van der Waals surface area contributed by atoms with Gasteiger partial charge >= 0.3 is 0 Å². The van der Waals surface area contributed by atoms with Gasteiger partial charge in [-0.25, -0.2) is 15.0 Å². The fourth-order valence-corrected chi connectivity index (χ4v) is 4.60. The van der Waals surface area contributed by atoms with Gasteiger partial charge in [-0.1, -0.05) is 18.2 Å². The van der Waals surface area contributed by atoms with Crippen LogP contribution in [-0.2, 0) is 0 Å². The molecule has 1 aliphatic heterocycles. The van der Waals surface area contributed by atoms with Gasteiger partial charge in [-0.05, 0) is 38.5 Å². The minimum Gasteiger partial charge on any atom is -0.340 e. The molecular weight excluding hydrogens is 408 g/mol. The third-order valence-electron chi connectivity index (χ3n) is 5.49. The number of pyridine rings is 1. The Hall–Kier alpha value is -3.39. The summed E-state index contributed by atoms with van der Waals surface area (Å²) in [7, 11) is 0. The van der Waals surface area contributed by atoms with Crippen molar-refractivity contribution in [2.45, 2.75) is 26.2 Å². The van der Waals surface area contributed by atoms with Gasteiger partial charge in [0.2, 0.25) is 5.95 Å². The molecule has 1 atom stereocenters. The van der Waals surface area contributed by atoms with E-state index in [1.807, 2.05) is 55.6 Å². The second kappa shape index (κ2) is 8.03. The third kappa shape index (κ3) is 3.98. The quantitative estimate of drug-likeness (QED) is 0.518. The molecule has 0 saturated carbocycles. The molecule has 31 heavy (non-hydrogen) atoms. The summed E-state index contributed by atoms with van der Waals surface area (Å²) in [6.45, 7) is 5.62. The van der Waals surface area contributed by atoms with E-state index in [2.05, 4.69) is 25.2 Å². The molecule has 3 aromatic heterocycles. The second-order valence-electron chi connectivity index (χ2n) is 7.79. The number of aromatic nitrogens is 4. The summed E-state index contributed by atoms with van der Waals surface area (Å²) in [6.07, 6.45) is 2.62. The van der Waals surface area contributed by atoms with Crippen molar-refractivity contribution >= 4 is 39.2 Å². The molecule has 5 rings (SSSR count). The van der Waals surface area contributed by atoms with Crippen LogP contribution < -0.4 is 10.2 Å². The predicted octanol–water partition coefficient (Wildman–Crippen LogP) is 4.34. The zero-order valence-corrected chi connectivity index (χ0v) is 18.2. The Bertz CT molecular complexity index is 1240. The van der Waals surface area contributed by atoms with E-state index < -0.39 is 0 Å². The number of anilines is 2. The highest BCUT2D eigenvalue weighted by atomic mass is 32.1. The summed E-state index contributed by atoms with van der Waals surface area (Å²) in [5.74, 6) is 0.810. The number of nitrogens with zero attached hydrogens (tertiary/aromatic N) is 5. The van der Waals surface area contributed by atoms with E-state index in [-0.39, 0.29) is 11.8 Å². The number of benzene rings is 1. The Labute approximate surface area is 184 Å². The summed E-state index contributed by atoms with van der Waals surface area (Å²) in [5.41, 5.74) is 4.31. The number of fused-ring (bicyclic) bond motifs is 1. The number of hydrogen-bond donors (Lipinski definition) is 1. The highest BCUT2D eigenvalue weighted by molar-refractivity contribution is 7.13. The average molecular weight is 431 g/mol. The van der Waals surface area contributed by atoms with Crippen molar-refractivity contribution in [2.75, 3.05) is 23.3 Å². The number of nitrogens with one attached hydrogen (secondary N) is 1. The molecule has 1 amide bonds. The number of aryl methyl sites for hydroxylation is 2. The minimum atomic E-state index is -0.165. The van der Waals surface area contributed by atoms with Crippen molar-refractivity contribution in [2.24, 2.45) is 0 Å². The molecule has 7 nitrogen and oxygen atoms in total. The summed E-state index contributed by atoms with van der Waals surface area (Å²) in [4.78, 5) is 33.5. The van der Waals surface area contributed by atoms with E-state index in [4.69, 9.17) is 4.98 Å². The van der Waals surface area contributed by atoms with Gasteiger partial charge in [0.25, 0.3) is 5.91 Å². The van der Waals surface area contributed by atoms with Gasteiger partial charge in [-0.2, -0.15) is 0 Å². The van der Waals surface area contributed by atoms with Gasteiger partial charge in [-0.3, -0.25) is 15.1 Å². The van der Waals surface area contributed by atoms with Crippen LogP contribution in [0.25, 0.3) is 10.9 Å². The molecule has 0 unspecified atom stereocenters. The summed E-state index contributed by atoms with van der Waals surface area (Å²) >= 11 is 1.40. The third-order valence-corrected chi connectivity index (χ3v) is 6.18. The standard InChI is InChI=1S/C23H22N6OS/c1-14-11-15(2)26-22(25-14)29-9-7-16(13-29)20-12-18(17-5-3-4-6-19(17)27-20)21(30)28-23-24-8-10-31-23/h3-6,8,10-12,16H,7,9,13H2,1-2H3,(H,24,28,30)/t16-/m0/s1. The van der Waals surface area contributed by atoms with E-state index in [9.17, 15) is 4.79 Å². The zero-order chi connectivity index (χ0) is 21.4. The van der Waals surface area contributed by atoms with Crippen LogP contribution in [0, 0.1) is 13.8 Å². The summed E-state index contributed by atoms with van der Waals surface area (Å²) in [6, 6.07) is 11.7. The van der Waals surface area contributed by atoms with E-state index in [1.54, 1.807) is 6.20 Å². The average Bonchev–Trinajstić information content (AvgIpc) is 3.44. The molecule has 4 aromatic rings. The number of carbonyl (C=O) groups excluding carboxylic acids is 1. The van der Waals surface area contributed by atoms with E-state index in [1.165, 1.54) is 11.3 Å². The fraction of sp³-hybridized carbons (Fsp3) is 0.261. The summed E-state index contributed by atoms with van der Waals surface area (Å²) < 4.78 is 0. The fourth-order valence-electron chi connectivity index (χ4n) is 4.07. The van der Waals surface area contributed by atoms with Gasteiger partial charge in [0.15, 0.2) is 5.13 Å². The van der Waals surface area contributed by atoms with Crippen molar-refractivity contribution < 1.29 is 4.79 Å². The SMILES string of the molecule is Cc1cc(C)nc(N2CC[C@H](c3cc(C(=O)Nc4nccs4)c4ccccc4n3)C2)n1. The Morgan fingerprint density at radius 1 is 1.13 bits per heavy atom. The van der Waals surface area contributed by atoms with E-state index in [0.717, 1.165) is 53.4 Å². The number of para-hydroxylation sites is 1. The van der Waals surface area contributed by atoms with Gasteiger partial charge in [0.1, 0.15) is 0 Å². The van der Waals surface area contributed by atoms with Crippen LogP contribution in [0.15, 0.2) is 48.0 Å². The molecule has 8 heteroatoms. The molecule has 0 bridgehead atoms. The number of thiazole rings is 1. The molecule has 4 heterocycles. The van der Waals surface area contributed by atoms with Crippen LogP contribution >= 0.6 is 11.3 Å². The molecular formula is C23H22N6OS. The first-order chi connectivity index (χ1) is 15.1. The van der Waals surface area contributed by atoms with Crippen LogP contribution in [0.2, 0.25) is 0 Å². The Morgan fingerprint density at radius 3 is 2.71 bits per heavy atom. The number of amides is 1. The lowest BCUT2D eigenvalue weighted by Gasteiger charge is -2.18. The van der Waals surface area contributed by atoms with Crippen LogP contribution in [0.4, 0.5) is 11.1 Å². The lowest BCUT2D eigenvalue weighted by atomic mass is 9.99. The molecule has 156 valence electrons. The highest BCUT2D eigenvalue weighted by Gasteiger charge is 2.28. The van der Waals surface area contributed by atoms with Crippen LogP contribution in [-0.4, -0.2) is 38.9 Å². The largest absolute Gasteiger partial charge is 0.340 e. The Balaban J connectivity index is 1.47. The molecule has 1 saturated heterocycles. The minimum absolute atomic E-state index is 0.165. The monoisotopic (exact) mass is 430 g/mol. The van der Waals surface area contributed by atoms with E-state index >= 15 is 0 Å². The van der Waals surface area contributed by atoms with Gasteiger partial charge < -0.3 is 4.90 Å². The molecule has 0 spiro atoms. The first kappa shape index (κ1) is 19.6.